The highest BCUT2D eigenvalue weighted by atomic mass is 32.3. The van der Waals surface area contributed by atoms with E-state index in [9.17, 15) is 25.3 Å². The Morgan fingerprint density at radius 1 is 0.516 bits per heavy atom. The minimum Gasteiger partial charge on any atom is -0.260 e. The Morgan fingerprint density at radius 3 is 0.935 bits per heavy atom. The molecule has 0 aliphatic heterocycles. The summed E-state index contributed by atoms with van der Waals surface area (Å²) in [6, 6.07) is 0. The normalized spacial score (nSPS) is 48.6. The molecule has 176 valence electrons. The van der Waals surface area contributed by atoms with Gasteiger partial charge in [-0.1, -0.05) is 0 Å². The smallest absolute Gasteiger partial charge is 0.0603 e. The molecular weight excluding hydrogens is 456 g/mol. The Bertz CT molecular complexity index is 973. The molecule has 8 aliphatic rings. The van der Waals surface area contributed by atoms with Crippen LogP contribution < -0.4 is 0 Å². The molecule has 8 rings (SSSR count). The third-order valence-electron chi connectivity index (χ3n) is 9.85. The van der Waals surface area contributed by atoms with Crippen molar-refractivity contribution in [2.75, 3.05) is 6.26 Å². The van der Waals surface area contributed by atoms with Crippen LogP contribution in [0.5, 0.6) is 0 Å². The van der Waals surface area contributed by atoms with Gasteiger partial charge in [0.25, 0.3) is 0 Å². The summed E-state index contributed by atoms with van der Waals surface area (Å²) in [7, 11) is -13.4. The van der Waals surface area contributed by atoms with Crippen molar-refractivity contribution in [2.45, 2.75) is 86.5 Å². The van der Waals surface area contributed by atoms with Crippen LogP contribution in [0, 0.1) is 39.4 Å². The molecule has 8 bridgehead atoms. The summed E-state index contributed by atoms with van der Waals surface area (Å²) in [5, 5.41) is 0. The molecule has 0 atom stereocenters. The van der Waals surface area contributed by atoms with E-state index in [0.717, 1.165) is 44.8 Å². The number of rotatable bonds is 5. The molecule has 0 aromatic heterocycles. The quantitative estimate of drug-likeness (QED) is 0.549. The molecule has 31 heavy (non-hydrogen) atoms. The largest absolute Gasteiger partial charge is 0.260 e. The number of hydrogen-bond acceptors (Lipinski definition) is 6. The summed E-state index contributed by atoms with van der Waals surface area (Å²) in [4.78, 5) is 0. The van der Waals surface area contributed by atoms with Gasteiger partial charge in [0.1, 0.15) is 0 Å². The molecule has 0 spiro atoms. The third kappa shape index (κ3) is 2.87. The highest BCUT2D eigenvalue weighted by molar-refractivity contribution is 8.29. The SMILES string of the molecule is CS(=O)(=O)[C-](S(=O)(=O)C12CC3CC(CC(C3)C1)C2)S(=O)(=O)C12CC3CC(CC(C3)C1)C2. The van der Waals surface area contributed by atoms with E-state index in [4.69, 9.17) is 0 Å². The maximum atomic E-state index is 14.2. The van der Waals surface area contributed by atoms with Gasteiger partial charge in [-0.2, -0.15) is 0 Å². The Balaban J connectivity index is 1.47. The molecule has 6 nitrogen and oxygen atoms in total. The first-order chi connectivity index (χ1) is 14.3. The maximum absolute atomic E-state index is 14.2. The van der Waals surface area contributed by atoms with Crippen LogP contribution in [0.3, 0.4) is 0 Å². The van der Waals surface area contributed by atoms with Crippen molar-refractivity contribution in [3.05, 3.63) is 3.91 Å². The zero-order chi connectivity index (χ0) is 22.0. The van der Waals surface area contributed by atoms with Crippen molar-refractivity contribution < 1.29 is 25.3 Å². The predicted molar refractivity (Wildman–Crippen MR) is 118 cm³/mol. The second-order valence-electron chi connectivity index (χ2n) is 12.2. The van der Waals surface area contributed by atoms with Crippen LogP contribution in [0.15, 0.2) is 0 Å². The van der Waals surface area contributed by atoms with Crippen LogP contribution in [-0.4, -0.2) is 41.0 Å². The summed E-state index contributed by atoms with van der Waals surface area (Å²) >= 11 is 0. The molecule has 0 unspecified atom stereocenters. The van der Waals surface area contributed by atoms with Gasteiger partial charge in [-0.25, -0.2) is 0 Å². The van der Waals surface area contributed by atoms with Crippen LogP contribution in [0.4, 0.5) is 0 Å². The van der Waals surface area contributed by atoms with Crippen molar-refractivity contribution in [1.29, 1.82) is 0 Å². The minimum absolute atomic E-state index is 0.282. The Labute approximate surface area is 186 Å². The highest BCUT2D eigenvalue weighted by Crippen LogP contribution is 2.64. The summed E-state index contributed by atoms with van der Waals surface area (Å²) in [6.07, 6.45) is 9.40. The lowest BCUT2D eigenvalue weighted by atomic mass is 9.56. The Hall–Kier alpha value is -0.150. The average Bonchev–Trinajstić information content (AvgIpc) is 2.57. The van der Waals surface area contributed by atoms with Gasteiger partial charge in [-0.05, 0) is 113 Å². The van der Waals surface area contributed by atoms with E-state index in [2.05, 4.69) is 0 Å². The minimum atomic E-state index is -4.49. The Morgan fingerprint density at radius 2 is 0.742 bits per heavy atom. The molecule has 0 amide bonds. The number of sulfone groups is 3. The Kier molecular flexibility index (Phi) is 4.34. The van der Waals surface area contributed by atoms with E-state index in [1.54, 1.807) is 0 Å². The van der Waals surface area contributed by atoms with Crippen molar-refractivity contribution in [2.24, 2.45) is 35.5 Å². The lowest BCUT2D eigenvalue weighted by molar-refractivity contribution is 0.0331. The van der Waals surface area contributed by atoms with E-state index < -0.39 is 42.9 Å². The molecule has 8 saturated carbocycles. The van der Waals surface area contributed by atoms with Crippen LogP contribution in [0.25, 0.3) is 0 Å². The molecule has 8 aliphatic carbocycles. The average molecular weight is 490 g/mol. The van der Waals surface area contributed by atoms with Gasteiger partial charge >= 0.3 is 0 Å². The topological polar surface area (TPSA) is 102 Å². The summed E-state index contributed by atoms with van der Waals surface area (Å²) in [5.41, 5.74) is 0. The van der Waals surface area contributed by atoms with Gasteiger partial charge in [0.2, 0.25) is 0 Å². The van der Waals surface area contributed by atoms with Gasteiger partial charge in [-0.3, -0.25) is 25.3 Å². The van der Waals surface area contributed by atoms with Crippen LogP contribution in [0.1, 0.15) is 77.0 Å². The zero-order valence-electron chi connectivity index (χ0n) is 18.1. The van der Waals surface area contributed by atoms with Gasteiger partial charge in [0.15, 0.2) is 0 Å². The lowest BCUT2D eigenvalue weighted by Gasteiger charge is -2.61. The van der Waals surface area contributed by atoms with Gasteiger partial charge in [0.05, 0.1) is 29.5 Å². The third-order valence-corrected chi connectivity index (χ3v) is 19.1. The van der Waals surface area contributed by atoms with E-state index in [1.807, 2.05) is 0 Å². The lowest BCUT2D eigenvalue weighted by Crippen LogP contribution is -2.61. The molecule has 9 heteroatoms. The second-order valence-corrected chi connectivity index (χ2v) is 19.5. The fraction of sp³-hybridized carbons (Fsp3) is 0.955. The van der Waals surface area contributed by atoms with Crippen LogP contribution in [0.2, 0.25) is 0 Å². The molecule has 0 aromatic rings. The molecule has 8 fully saturated rings. The number of hydrogen-bond donors (Lipinski definition) is 0. The first-order valence-electron chi connectivity index (χ1n) is 11.9. The first kappa shape index (κ1) is 21.4. The maximum Gasteiger partial charge on any atom is 0.0603 e. The fourth-order valence-corrected chi connectivity index (χ4v) is 19.5. The molecule has 0 aromatic carbocycles. The van der Waals surface area contributed by atoms with E-state index >= 15 is 0 Å². The van der Waals surface area contributed by atoms with Gasteiger partial charge in [-0.15, -0.1) is 0 Å². The van der Waals surface area contributed by atoms with E-state index in [1.165, 1.54) is 0 Å². The molecular formula is C22H33O6S3-. The monoisotopic (exact) mass is 489 g/mol. The molecule has 0 radical (unpaired) electrons. The van der Waals surface area contributed by atoms with E-state index in [0.29, 0.717) is 38.5 Å². The standard InChI is InChI=1S/C22H33O6S3/c1-29(23,24)20(30(25,26)21-8-14-2-15(9-21)4-16(3-14)10-21)31(27,28)22-11-17-5-18(12-22)7-19(6-17)13-22/h14-19H,2-13H2,1H3/q-1. The zero-order valence-corrected chi connectivity index (χ0v) is 20.6. The molecule has 0 saturated heterocycles. The van der Waals surface area contributed by atoms with Gasteiger partial charge in [0, 0.05) is 19.7 Å². The van der Waals surface area contributed by atoms with Crippen molar-refractivity contribution >= 4 is 29.5 Å². The van der Waals surface area contributed by atoms with Crippen molar-refractivity contribution in [3.8, 4) is 0 Å². The van der Waals surface area contributed by atoms with Crippen LogP contribution in [-0.2, 0) is 29.5 Å². The van der Waals surface area contributed by atoms with Crippen LogP contribution >= 0.6 is 0 Å². The summed E-state index contributed by atoms with van der Waals surface area (Å²) < 4.78 is 79.2. The van der Waals surface area contributed by atoms with Crippen molar-refractivity contribution in [3.63, 3.8) is 0 Å². The van der Waals surface area contributed by atoms with Crippen molar-refractivity contribution in [1.82, 2.24) is 0 Å². The summed E-state index contributed by atoms with van der Waals surface area (Å²) in [5.74, 6) is 1.69. The fourth-order valence-electron chi connectivity index (χ4n) is 9.62. The first-order valence-corrected chi connectivity index (χ1v) is 16.8. The van der Waals surface area contributed by atoms with Gasteiger partial charge < -0.3 is 0 Å². The predicted octanol–water partition coefficient (Wildman–Crippen LogP) is 3.25. The van der Waals surface area contributed by atoms with E-state index in [-0.39, 0.29) is 35.5 Å². The summed E-state index contributed by atoms with van der Waals surface area (Å²) in [6.45, 7) is 0. The second kappa shape index (κ2) is 6.29. The highest BCUT2D eigenvalue weighted by Gasteiger charge is 2.62. The molecule has 0 heterocycles. The molecule has 0 N–H and O–H groups in total.